The van der Waals surface area contributed by atoms with E-state index in [1.165, 1.54) is 39.3 Å². The summed E-state index contributed by atoms with van der Waals surface area (Å²) in [6.07, 6.45) is 0. The number of hydrogen-bond donors (Lipinski definition) is 1. The van der Waals surface area contributed by atoms with Crippen molar-refractivity contribution < 1.29 is 4.74 Å². The van der Waals surface area contributed by atoms with Crippen molar-refractivity contribution >= 4 is 37.2 Å². The summed E-state index contributed by atoms with van der Waals surface area (Å²) in [7, 11) is 1.77. The van der Waals surface area contributed by atoms with E-state index in [0.717, 1.165) is 19.2 Å². The number of methoxy groups -OCH3 is 1. The number of hydrogen-bond acceptors (Lipinski definition) is 4. The lowest BCUT2D eigenvalue weighted by molar-refractivity contribution is 0.0584. The molecule has 0 aromatic rings. The van der Waals surface area contributed by atoms with Crippen LogP contribution in [0.2, 0.25) is 0 Å². The standard InChI is InChI=1S/C10H21N3O.3ClH/c1-14-7-6-12-2-4-13(5-3-12)10-8-11-9-10;;;/h10-11H,2-9H2,1H3;3*1H. The fourth-order valence-electron chi connectivity index (χ4n) is 2.10. The molecule has 2 heterocycles. The van der Waals surface area contributed by atoms with E-state index in [1.54, 1.807) is 7.11 Å². The van der Waals surface area contributed by atoms with Crippen LogP contribution in [0, 0.1) is 0 Å². The monoisotopic (exact) mass is 307 g/mol. The lowest BCUT2D eigenvalue weighted by Gasteiger charge is -2.43. The summed E-state index contributed by atoms with van der Waals surface area (Å²) in [6.45, 7) is 9.22. The second-order valence-corrected chi connectivity index (χ2v) is 4.18. The molecule has 0 radical (unpaired) electrons. The zero-order valence-electron chi connectivity index (χ0n) is 10.3. The molecule has 0 aliphatic carbocycles. The molecule has 2 aliphatic rings. The van der Waals surface area contributed by atoms with Gasteiger partial charge in [0.1, 0.15) is 0 Å². The molecule has 0 aromatic heterocycles. The lowest BCUT2D eigenvalue weighted by atomic mass is 10.1. The third-order valence-corrected chi connectivity index (χ3v) is 3.29. The summed E-state index contributed by atoms with van der Waals surface area (Å²) < 4.78 is 5.09. The fourth-order valence-corrected chi connectivity index (χ4v) is 2.10. The Balaban J connectivity index is 0. The number of ether oxygens (including phenoxy) is 1. The summed E-state index contributed by atoms with van der Waals surface area (Å²) in [6, 6.07) is 0.819. The van der Waals surface area contributed by atoms with Gasteiger partial charge in [-0.15, -0.1) is 37.2 Å². The summed E-state index contributed by atoms with van der Waals surface area (Å²) in [4.78, 5) is 5.10. The molecule has 2 saturated heterocycles. The van der Waals surface area contributed by atoms with Gasteiger partial charge in [0, 0.05) is 59.0 Å². The van der Waals surface area contributed by atoms with Crippen molar-refractivity contribution in [1.29, 1.82) is 0 Å². The van der Waals surface area contributed by atoms with Gasteiger partial charge < -0.3 is 10.1 Å². The maximum atomic E-state index is 5.09. The number of nitrogens with zero attached hydrogens (tertiary/aromatic N) is 2. The van der Waals surface area contributed by atoms with E-state index < -0.39 is 0 Å². The third kappa shape index (κ3) is 5.92. The first-order chi connectivity index (χ1) is 6.90. The van der Waals surface area contributed by atoms with E-state index in [2.05, 4.69) is 15.1 Å². The van der Waals surface area contributed by atoms with Crippen LogP contribution in [0.5, 0.6) is 0 Å². The Bertz CT molecular complexity index is 176. The minimum atomic E-state index is 0. The maximum absolute atomic E-state index is 5.09. The summed E-state index contributed by atoms with van der Waals surface area (Å²) >= 11 is 0. The van der Waals surface area contributed by atoms with Crippen LogP contribution in [-0.2, 0) is 4.74 Å². The van der Waals surface area contributed by atoms with Gasteiger partial charge in [-0.3, -0.25) is 9.80 Å². The molecule has 0 amide bonds. The van der Waals surface area contributed by atoms with Crippen LogP contribution < -0.4 is 5.32 Å². The Morgan fingerprint density at radius 1 is 1.06 bits per heavy atom. The average molecular weight is 309 g/mol. The number of piperazine rings is 1. The lowest BCUT2D eigenvalue weighted by Crippen LogP contribution is -2.61. The zero-order valence-corrected chi connectivity index (χ0v) is 12.7. The summed E-state index contributed by atoms with van der Waals surface area (Å²) in [5.74, 6) is 0. The fraction of sp³-hybridized carbons (Fsp3) is 1.00. The molecule has 106 valence electrons. The maximum Gasteiger partial charge on any atom is 0.0589 e. The molecular formula is C10H24Cl3N3O. The topological polar surface area (TPSA) is 27.7 Å². The smallest absolute Gasteiger partial charge is 0.0589 e. The van der Waals surface area contributed by atoms with Crippen LogP contribution in [0.15, 0.2) is 0 Å². The van der Waals surface area contributed by atoms with Gasteiger partial charge in [0.25, 0.3) is 0 Å². The molecule has 0 aromatic carbocycles. The van der Waals surface area contributed by atoms with Gasteiger partial charge in [0.2, 0.25) is 0 Å². The highest BCUT2D eigenvalue weighted by Crippen LogP contribution is 2.09. The molecular weight excluding hydrogens is 284 g/mol. The van der Waals surface area contributed by atoms with Crippen LogP contribution in [0.25, 0.3) is 0 Å². The highest BCUT2D eigenvalue weighted by atomic mass is 35.5. The van der Waals surface area contributed by atoms with Gasteiger partial charge in [0.15, 0.2) is 0 Å². The van der Waals surface area contributed by atoms with Crippen LogP contribution in [0.1, 0.15) is 0 Å². The van der Waals surface area contributed by atoms with Gasteiger partial charge in [-0.2, -0.15) is 0 Å². The number of nitrogens with one attached hydrogen (secondary N) is 1. The SMILES string of the molecule is COCCN1CCN(C2CNC2)CC1.Cl.Cl.Cl. The van der Waals surface area contributed by atoms with E-state index in [1.807, 2.05) is 0 Å². The second kappa shape index (κ2) is 10.6. The second-order valence-electron chi connectivity index (χ2n) is 4.18. The molecule has 0 spiro atoms. The van der Waals surface area contributed by atoms with Crippen molar-refractivity contribution in [3.8, 4) is 0 Å². The molecule has 0 saturated carbocycles. The van der Waals surface area contributed by atoms with Crippen molar-refractivity contribution in [3.63, 3.8) is 0 Å². The molecule has 4 nitrogen and oxygen atoms in total. The van der Waals surface area contributed by atoms with E-state index >= 15 is 0 Å². The van der Waals surface area contributed by atoms with Crippen LogP contribution in [0.4, 0.5) is 0 Å². The van der Waals surface area contributed by atoms with Gasteiger partial charge in [0.05, 0.1) is 6.61 Å². The zero-order chi connectivity index (χ0) is 9.80. The predicted molar refractivity (Wildman–Crippen MR) is 78.3 cm³/mol. The molecule has 0 atom stereocenters. The summed E-state index contributed by atoms with van der Waals surface area (Å²) in [5, 5.41) is 3.33. The van der Waals surface area contributed by atoms with Crippen molar-refractivity contribution in [3.05, 3.63) is 0 Å². The average Bonchev–Trinajstić information content (AvgIpc) is 2.14. The molecule has 7 heteroatoms. The third-order valence-electron chi connectivity index (χ3n) is 3.29. The molecule has 2 rings (SSSR count). The first-order valence-corrected chi connectivity index (χ1v) is 5.56. The molecule has 2 fully saturated rings. The minimum absolute atomic E-state index is 0. The highest BCUT2D eigenvalue weighted by Gasteiger charge is 2.27. The summed E-state index contributed by atoms with van der Waals surface area (Å²) in [5.41, 5.74) is 0. The van der Waals surface area contributed by atoms with Crippen molar-refractivity contribution in [2.75, 3.05) is 59.5 Å². The largest absolute Gasteiger partial charge is 0.383 e. The quantitative estimate of drug-likeness (QED) is 0.818. The molecule has 1 N–H and O–H groups in total. The van der Waals surface area contributed by atoms with Gasteiger partial charge >= 0.3 is 0 Å². The molecule has 0 unspecified atom stereocenters. The van der Waals surface area contributed by atoms with Crippen LogP contribution in [0.3, 0.4) is 0 Å². The van der Waals surface area contributed by atoms with E-state index in [4.69, 9.17) is 4.74 Å². The van der Waals surface area contributed by atoms with Gasteiger partial charge in [-0.1, -0.05) is 0 Å². The number of halogens is 3. The van der Waals surface area contributed by atoms with Crippen LogP contribution >= 0.6 is 37.2 Å². The Kier molecular flexibility index (Phi) is 12.5. The first-order valence-electron chi connectivity index (χ1n) is 5.56. The Hall–Kier alpha value is 0.710. The van der Waals surface area contributed by atoms with Crippen molar-refractivity contribution in [2.24, 2.45) is 0 Å². The van der Waals surface area contributed by atoms with Gasteiger partial charge in [-0.25, -0.2) is 0 Å². The van der Waals surface area contributed by atoms with Crippen LogP contribution in [-0.4, -0.2) is 75.4 Å². The van der Waals surface area contributed by atoms with Gasteiger partial charge in [-0.05, 0) is 0 Å². The number of rotatable bonds is 4. The van der Waals surface area contributed by atoms with E-state index in [-0.39, 0.29) is 37.2 Å². The van der Waals surface area contributed by atoms with E-state index in [9.17, 15) is 0 Å². The first kappa shape index (κ1) is 20.0. The molecule has 0 bridgehead atoms. The van der Waals surface area contributed by atoms with Crippen molar-refractivity contribution in [1.82, 2.24) is 15.1 Å². The highest BCUT2D eigenvalue weighted by molar-refractivity contribution is 5.86. The van der Waals surface area contributed by atoms with Crippen molar-refractivity contribution in [2.45, 2.75) is 6.04 Å². The normalized spacial score (nSPS) is 21.7. The molecule has 17 heavy (non-hydrogen) atoms. The Labute approximate surface area is 123 Å². The predicted octanol–water partition coefficient (Wildman–Crippen LogP) is 0.488. The molecule has 2 aliphatic heterocycles. The Morgan fingerprint density at radius 3 is 2.06 bits per heavy atom. The van der Waals surface area contributed by atoms with E-state index in [0.29, 0.717) is 0 Å². The minimum Gasteiger partial charge on any atom is -0.383 e. The Morgan fingerprint density at radius 2 is 1.65 bits per heavy atom.